The summed E-state index contributed by atoms with van der Waals surface area (Å²) >= 11 is 6.16. The normalized spacial score (nSPS) is 10.4. The van der Waals surface area contributed by atoms with Crippen LogP contribution in [-0.4, -0.2) is 9.97 Å². The molecule has 0 saturated heterocycles. The van der Waals surface area contributed by atoms with E-state index in [4.69, 9.17) is 11.6 Å². The first-order valence-electron chi connectivity index (χ1n) is 7.31. The zero-order valence-electron chi connectivity index (χ0n) is 13.0. The van der Waals surface area contributed by atoms with Crippen LogP contribution in [0, 0.1) is 13.8 Å². The van der Waals surface area contributed by atoms with E-state index in [-0.39, 0.29) is 0 Å². The van der Waals surface area contributed by atoms with E-state index in [1.807, 2.05) is 49.4 Å². The quantitative estimate of drug-likeness (QED) is 0.689. The number of rotatable bonds is 4. The van der Waals surface area contributed by atoms with E-state index in [9.17, 15) is 0 Å². The van der Waals surface area contributed by atoms with Gasteiger partial charge in [-0.3, -0.25) is 0 Å². The van der Waals surface area contributed by atoms with Crippen LogP contribution in [0.25, 0.3) is 0 Å². The largest absolute Gasteiger partial charge is 0.340 e. The van der Waals surface area contributed by atoms with Gasteiger partial charge in [0.25, 0.3) is 0 Å². The molecule has 1 aromatic heterocycles. The summed E-state index contributed by atoms with van der Waals surface area (Å²) in [6, 6.07) is 17.6. The fourth-order valence-corrected chi connectivity index (χ4v) is 2.34. The van der Waals surface area contributed by atoms with E-state index >= 15 is 0 Å². The number of aromatic nitrogens is 2. The van der Waals surface area contributed by atoms with Gasteiger partial charge in [0.05, 0.1) is 10.7 Å². The maximum Gasteiger partial charge on any atom is 0.229 e. The predicted octanol–water partition coefficient (Wildman–Crippen LogP) is 5.23. The lowest BCUT2D eigenvalue weighted by molar-refractivity contribution is 1.11. The lowest BCUT2D eigenvalue weighted by atomic mass is 10.2. The number of nitrogens with zero attached hydrogens (tertiary/aromatic N) is 2. The van der Waals surface area contributed by atoms with Crippen LogP contribution in [0.3, 0.4) is 0 Å². The molecule has 1 heterocycles. The van der Waals surface area contributed by atoms with Crippen molar-refractivity contribution in [3.63, 3.8) is 0 Å². The van der Waals surface area contributed by atoms with E-state index < -0.39 is 0 Å². The molecule has 5 heteroatoms. The van der Waals surface area contributed by atoms with Gasteiger partial charge in [-0.2, -0.15) is 4.98 Å². The van der Waals surface area contributed by atoms with Gasteiger partial charge in [-0.25, -0.2) is 4.98 Å². The first-order chi connectivity index (χ1) is 11.1. The second-order valence-corrected chi connectivity index (χ2v) is 5.72. The molecule has 3 rings (SSSR count). The van der Waals surface area contributed by atoms with Gasteiger partial charge in [-0.15, -0.1) is 0 Å². The van der Waals surface area contributed by atoms with Gasteiger partial charge < -0.3 is 10.6 Å². The minimum atomic E-state index is 0.507. The van der Waals surface area contributed by atoms with Gasteiger partial charge in [0.2, 0.25) is 5.95 Å². The third kappa shape index (κ3) is 3.99. The van der Waals surface area contributed by atoms with Gasteiger partial charge in [0.15, 0.2) is 0 Å². The molecule has 0 amide bonds. The topological polar surface area (TPSA) is 49.8 Å². The molecule has 0 saturated carbocycles. The second-order valence-electron chi connectivity index (χ2n) is 5.31. The van der Waals surface area contributed by atoms with E-state index in [2.05, 4.69) is 39.7 Å². The SMILES string of the molecule is Cc1ccc(Nc2cc(C)nc(Nc3ccccc3Cl)n2)cc1. The number of aryl methyl sites for hydroxylation is 2. The molecule has 0 unspecified atom stereocenters. The van der Waals surface area contributed by atoms with Crippen molar-refractivity contribution in [2.75, 3.05) is 10.6 Å². The summed E-state index contributed by atoms with van der Waals surface area (Å²) in [7, 11) is 0. The second kappa shape index (κ2) is 6.67. The predicted molar refractivity (Wildman–Crippen MR) is 96.0 cm³/mol. The highest BCUT2D eigenvalue weighted by molar-refractivity contribution is 6.33. The highest BCUT2D eigenvalue weighted by Gasteiger charge is 2.05. The number of benzene rings is 2. The molecule has 3 aromatic rings. The zero-order chi connectivity index (χ0) is 16.2. The molecule has 116 valence electrons. The van der Waals surface area contributed by atoms with Gasteiger partial charge in [-0.05, 0) is 38.1 Å². The summed E-state index contributed by atoms with van der Waals surface area (Å²) in [6.07, 6.45) is 0. The molecule has 0 fully saturated rings. The van der Waals surface area contributed by atoms with E-state index in [0.29, 0.717) is 11.0 Å². The van der Waals surface area contributed by atoms with Crippen LogP contribution in [0.5, 0.6) is 0 Å². The molecule has 0 aliphatic carbocycles. The lowest BCUT2D eigenvalue weighted by Crippen LogP contribution is -2.02. The molecule has 0 radical (unpaired) electrons. The number of hydrogen-bond donors (Lipinski definition) is 2. The zero-order valence-corrected chi connectivity index (χ0v) is 13.7. The molecular weight excluding hydrogens is 308 g/mol. The Balaban J connectivity index is 1.84. The van der Waals surface area contributed by atoms with Crippen molar-refractivity contribution in [1.29, 1.82) is 0 Å². The fourth-order valence-electron chi connectivity index (χ4n) is 2.16. The van der Waals surface area contributed by atoms with Gasteiger partial charge in [-0.1, -0.05) is 41.4 Å². The Labute approximate surface area is 140 Å². The van der Waals surface area contributed by atoms with Gasteiger partial charge in [0.1, 0.15) is 5.82 Å². The van der Waals surface area contributed by atoms with Crippen molar-refractivity contribution >= 4 is 34.7 Å². The standard InChI is InChI=1S/C18H17ClN4/c1-12-7-9-14(10-8-12)21-17-11-13(2)20-18(23-17)22-16-6-4-3-5-15(16)19/h3-11H,1-2H3,(H2,20,21,22,23). The number of halogens is 1. The van der Waals surface area contributed by atoms with E-state index in [1.54, 1.807) is 0 Å². The third-order valence-corrected chi connectivity index (χ3v) is 3.63. The van der Waals surface area contributed by atoms with E-state index in [0.717, 1.165) is 22.9 Å². The maximum atomic E-state index is 6.16. The summed E-state index contributed by atoms with van der Waals surface area (Å²) in [5.41, 5.74) is 3.85. The van der Waals surface area contributed by atoms with Crippen molar-refractivity contribution < 1.29 is 0 Å². The Morgan fingerprint density at radius 2 is 1.61 bits per heavy atom. The Morgan fingerprint density at radius 1 is 0.870 bits per heavy atom. The molecule has 4 nitrogen and oxygen atoms in total. The summed E-state index contributed by atoms with van der Waals surface area (Å²) < 4.78 is 0. The third-order valence-electron chi connectivity index (χ3n) is 3.30. The molecule has 0 aliphatic rings. The first-order valence-corrected chi connectivity index (χ1v) is 7.69. The van der Waals surface area contributed by atoms with Crippen molar-refractivity contribution in [1.82, 2.24) is 9.97 Å². The average Bonchev–Trinajstić information content (AvgIpc) is 2.51. The number of hydrogen-bond acceptors (Lipinski definition) is 4. The Morgan fingerprint density at radius 3 is 2.35 bits per heavy atom. The number of anilines is 4. The highest BCUT2D eigenvalue weighted by atomic mass is 35.5. The van der Waals surface area contributed by atoms with Crippen molar-refractivity contribution in [2.24, 2.45) is 0 Å². The summed E-state index contributed by atoms with van der Waals surface area (Å²) in [5, 5.41) is 7.07. The van der Waals surface area contributed by atoms with Crippen LogP contribution in [0.4, 0.5) is 23.1 Å². The molecule has 0 aliphatic heterocycles. The van der Waals surface area contributed by atoms with Crippen LogP contribution in [0.2, 0.25) is 5.02 Å². The number of para-hydroxylation sites is 1. The molecule has 0 spiro atoms. The number of nitrogens with one attached hydrogen (secondary N) is 2. The Bertz CT molecular complexity index is 816. The molecule has 0 atom stereocenters. The van der Waals surface area contributed by atoms with Crippen LogP contribution >= 0.6 is 11.6 Å². The van der Waals surface area contributed by atoms with Gasteiger partial charge in [0, 0.05) is 17.4 Å². The van der Waals surface area contributed by atoms with Crippen LogP contribution in [-0.2, 0) is 0 Å². The summed E-state index contributed by atoms with van der Waals surface area (Å²) in [5.74, 6) is 1.24. The fraction of sp³-hybridized carbons (Fsp3) is 0.111. The maximum absolute atomic E-state index is 6.16. The Kier molecular flexibility index (Phi) is 4.44. The van der Waals surface area contributed by atoms with Crippen molar-refractivity contribution in [3.05, 3.63) is 70.9 Å². The van der Waals surface area contributed by atoms with Crippen LogP contribution < -0.4 is 10.6 Å². The minimum absolute atomic E-state index is 0.507. The summed E-state index contributed by atoms with van der Waals surface area (Å²) in [6.45, 7) is 3.99. The Hall–Kier alpha value is -2.59. The summed E-state index contributed by atoms with van der Waals surface area (Å²) in [4.78, 5) is 8.90. The highest BCUT2D eigenvalue weighted by Crippen LogP contribution is 2.24. The van der Waals surface area contributed by atoms with Crippen LogP contribution in [0.1, 0.15) is 11.3 Å². The monoisotopic (exact) mass is 324 g/mol. The minimum Gasteiger partial charge on any atom is -0.340 e. The van der Waals surface area contributed by atoms with Crippen LogP contribution in [0.15, 0.2) is 54.6 Å². The molecule has 2 N–H and O–H groups in total. The molecule has 2 aromatic carbocycles. The lowest BCUT2D eigenvalue weighted by Gasteiger charge is -2.11. The van der Waals surface area contributed by atoms with Gasteiger partial charge >= 0.3 is 0 Å². The average molecular weight is 325 g/mol. The molecule has 0 bridgehead atoms. The first kappa shape index (κ1) is 15.3. The molecule has 23 heavy (non-hydrogen) atoms. The molecular formula is C18H17ClN4. The van der Waals surface area contributed by atoms with Crippen molar-refractivity contribution in [2.45, 2.75) is 13.8 Å². The smallest absolute Gasteiger partial charge is 0.229 e. The van der Waals surface area contributed by atoms with E-state index in [1.165, 1.54) is 5.56 Å². The van der Waals surface area contributed by atoms with Crippen molar-refractivity contribution in [3.8, 4) is 0 Å².